The van der Waals surface area contributed by atoms with E-state index in [1.807, 2.05) is 13.0 Å². The Kier molecular flexibility index (Phi) is 5.19. The lowest BCUT2D eigenvalue weighted by atomic mass is 10.0. The van der Waals surface area contributed by atoms with E-state index in [0.29, 0.717) is 0 Å². The summed E-state index contributed by atoms with van der Waals surface area (Å²) in [4.78, 5) is 3.35. The first-order chi connectivity index (χ1) is 13.2. The summed E-state index contributed by atoms with van der Waals surface area (Å²) in [5.74, 6) is 1.93. The molecule has 2 aromatic carbocycles. The van der Waals surface area contributed by atoms with Gasteiger partial charge in [0, 0.05) is 10.9 Å². The summed E-state index contributed by atoms with van der Waals surface area (Å²) in [7, 11) is 1.77. The second-order valence-corrected chi connectivity index (χ2v) is 7.59. The van der Waals surface area contributed by atoms with E-state index in [0.717, 1.165) is 29.0 Å². The first kappa shape index (κ1) is 18.1. The van der Waals surface area contributed by atoms with Crippen molar-refractivity contribution in [1.82, 2.24) is 0 Å². The van der Waals surface area contributed by atoms with Crippen LogP contribution in [-0.4, -0.2) is 39.8 Å². The highest BCUT2D eigenvalue weighted by atomic mass is 16.5. The standard InChI is InChI=1S/C23H28N2O2/c1-4-24-10-12-25(13-11-24)16-19-14-22-20(15-21(19)26-3)23(17(2)27-22)18-8-6-5-7-9-18/h5-9,14-15H,4,10-13,16H2,1-3H3/p+2. The number of aryl methyl sites for hydroxylation is 1. The lowest BCUT2D eigenvalue weighted by molar-refractivity contribution is -1.02. The topological polar surface area (TPSA) is 31.3 Å². The molecule has 2 N–H and O–H groups in total. The minimum Gasteiger partial charge on any atom is -0.496 e. The van der Waals surface area contributed by atoms with Gasteiger partial charge in [0.1, 0.15) is 49.8 Å². The predicted molar refractivity (Wildman–Crippen MR) is 109 cm³/mol. The second kappa shape index (κ2) is 7.75. The molecule has 0 aliphatic carbocycles. The number of methoxy groups -OCH3 is 1. The fourth-order valence-electron chi connectivity index (χ4n) is 4.34. The smallest absolute Gasteiger partial charge is 0.135 e. The van der Waals surface area contributed by atoms with Gasteiger partial charge in [-0.05, 0) is 31.5 Å². The zero-order valence-corrected chi connectivity index (χ0v) is 16.6. The highest BCUT2D eigenvalue weighted by molar-refractivity contribution is 5.97. The molecule has 0 amide bonds. The van der Waals surface area contributed by atoms with E-state index >= 15 is 0 Å². The van der Waals surface area contributed by atoms with Crippen LogP contribution in [-0.2, 0) is 6.54 Å². The van der Waals surface area contributed by atoms with Crippen LogP contribution in [0.25, 0.3) is 22.1 Å². The molecule has 1 fully saturated rings. The molecule has 4 nitrogen and oxygen atoms in total. The van der Waals surface area contributed by atoms with Crippen LogP contribution in [0.2, 0.25) is 0 Å². The van der Waals surface area contributed by atoms with Gasteiger partial charge in [-0.1, -0.05) is 30.3 Å². The molecule has 0 radical (unpaired) electrons. The average Bonchev–Trinajstić information content (AvgIpc) is 3.03. The van der Waals surface area contributed by atoms with Crippen molar-refractivity contribution in [1.29, 1.82) is 0 Å². The molecule has 142 valence electrons. The Morgan fingerprint density at radius 1 is 1.00 bits per heavy atom. The summed E-state index contributed by atoms with van der Waals surface area (Å²) in [5.41, 5.74) is 4.56. The molecule has 27 heavy (non-hydrogen) atoms. The molecular weight excluding hydrogens is 336 g/mol. The van der Waals surface area contributed by atoms with Gasteiger partial charge >= 0.3 is 0 Å². The van der Waals surface area contributed by atoms with Gasteiger partial charge in [-0.25, -0.2) is 0 Å². The maximum absolute atomic E-state index is 6.15. The number of hydrogen-bond acceptors (Lipinski definition) is 2. The molecule has 0 atom stereocenters. The van der Waals surface area contributed by atoms with Gasteiger partial charge < -0.3 is 19.0 Å². The summed E-state index contributed by atoms with van der Waals surface area (Å²) >= 11 is 0. The van der Waals surface area contributed by atoms with Crippen LogP contribution in [0.4, 0.5) is 0 Å². The molecule has 0 unspecified atom stereocenters. The van der Waals surface area contributed by atoms with Crippen molar-refractivity contribution in [3.8, 4) is 16.9 Å². The number of furan rings is 1. The first-order valence-corrected chi connectivity index (χ1v) is 10.0. The molecule has 0 spiro atoms. The SMILES string of the molecule is CC[NH+]1CC[NH+](Cc2cc3oc(C)c(-c4ccccc4)c3cc2OC)CC1. The summed E-state index contributed by atoms with van der Waals surface area (Å²) in [6, 6.07) is 14.8. The van der Waals surface area contributed by atoms with E-state index in [2.05, 4.69) is 43.3 Å². The van der Waals surface area contributed by atoms with Gasteiger partial charge in [0.25, 0.3) is 0 Å². The zero-order valence-electron chi connectivity index (χ0n) is 16.6. The summed E-state index contributed by atoms with van der Waals surface area (Å²) in [6.07, 6.45) is 0. The van der Waals surface area contributed by atoms with E-state index in [1.165, 1.54) is 49.4 Å². The van der Waals surface area contributed by atoms with E-state index < -0.39 is 0 Å². The predicted octanol–water partition coefficient (Wildman–Crippen LogP) is 1.72. The Balaban J connectivity index is 1.67. The van der Waals surface area contributed by atoms with Crippen LogP contribution in [0.3, 0.4) is 0 Å². The zero-order chi connectivity index (χ0) is 18.8. The molecular formula is C23H30N2O2+2. The number of hydrogen-bond donors (Lipinski definition) is 2. The quantitative estimate of drug-likeness (QED) is 0.721. The molecule has 4 heteroatoms. The van der Waals surface area contributed by atoms with Crippen molar-refractivity contribution < 1.29 is 19.0 Å². The third kappa shape index (κ3) is 3.60. The third-order valence-corrected chi connectivity index (χ3v) is 5.93. The molecule has 1 aliphatic heterocycles. The van der Waals surface area contributed by atoms with E-state index in [9.17, 15) is 0 Å². The van der Waals surface area contributed by atoms with Crippen LogP contribution in [0, 0.1) is 6.92 Å². The monoisotopic (exact) mass is 366 g/mol. The highest BCUT2D eigenvalue weighted by Gasteiger charge is 2.24. The molecule has 0 bridgehead atoms. The summed E-state index contributed by atoms with van der Waals surface area (Å²) in [5, 5.41) is 1.13. The van der Waals surface area contributed by atoms with Gasteiger partial charge in [-0.3, -0.25) is 0 Å². The lowest BCUT2D eigenvalue weighted by Gasteiger charge is -2.29. The van der Waals surface area contributed by atoms with E-state index in [4.69, 9.17) is 9.15 Å². The normalized spacial score (nSPS) is 20.1. The molecule has 3 aromatic rings. The van der Waals surface area contributed by atoms with Gasteiger partial charge in [-0.2, -0.15) is 0 Å². The van der Waals surface area contributed by atoms with Crippen LogP contribution in [0.1, 0.15) is 18.2 Å². The number of rotatable bonds is 5. The van der Waals surface area contributed by atoms with Gasteiger partial charge in [0.15, 0.2) is 0 Å². The van der Waals surface area contributed by atoms with Crippen LogP contribution in [0.5, 0.6) is 5.75 Å². The Morgan fingerprint density at radius 2 is 1.70 bits per heavy atom. The van der Waals surface area contributed by atoms with E-state index in [1.54, 1.807) is 16.9 Å². The Labute approximate surface area is 161 Å². The highest BCUT2D eigenvalue weighted by Crippen LogP contribution is 2.37. The molecule has 0 saturated carbocycles. The molecule has 1 aromatic heterocycles. The first-order valence-electron chi connectivity index (χ1n) is 10.0. The third-order valence-electron chi connectivity index (χ3n) is 5.93. The Bertz CT molecular complexity index is 909. The summed E-state index contributed by atoms with van der Waals surface area (Å²) < 4.78 is 11.9. The van der Waals surface area contributed by atoms with Crippen LogP contribution >= 0.6 is 0 Å². The van der Waals surface area contributed by atoms with E-state index in [-0.39, 0.29) is 0 Å². The molecule has 1 aliphatic rings. The maximum Gasteiger partial charge on any atom is 0.135 e. The number of benzene rings is 2. The van der Waals surface area contributed by atoms with Crippen LogP contribution in [0.15, 0.2) is 46.9 Å². The number of fused-ring (bicyclic) bond motifs is 1. The fraction of sp³-hybridized carbons (Fsp3) is 0.391. The molecule has 1 saturated heterocycles. The molecule has 2 heterocycles. The minimum absolute atomic E-state index is 0.958. The van der Waals surface area contributed by atoms with Gasteiger partial charge in [0.05, 0.1) is 19.2 Å². The number of nitrogens with one attached hydrogen (secondary N) is 2. The second-order valence-electron chi connectivity index (χ2n) is 7.59. The largest absolute Gasteiger partial charge is 0.496 e. The van der Waals surface area contributed by atoms with Crippen molar-refractivity contribution in [2.45, 2.75) is 20.4 Å². The van der Waals surface area contributed by atoms with Crippen molar-refractivity contribution >= 4 is 11.0 Å². The Morgan fingerprint density at radius 3 is 2.37 bits per heavy atom. The summed E-state index contributed by atoms with van der Waals surface area (Å²) in [6.45, 7) is 11.5. The number of quaternary nitrogens is 2. The lowest BCUT2D eigenvalue weighted by Crippen LogP contribution is -3.27. The fourth-order valence-corrected chi connectivity index (χ4v) is 4.34. The van der Waals surface area contributed by atoms with Crippen molar-refractivity contribution in [2.75, 3.05) is 39.8 Å². The van der Waals surface area contributed by atoms with Crippen molar-refractivity contribution in [3.05, 3.63) is 53.8 Å². The van der Waals surface area contributed by atoms with Crippen molar-refractivity contribution in [2.24, 2.45) is 0 Å². The van der Waals surface area contributed by atoms with Crippen LogP contribution < -0.4 is 14.5 Å². The Hall–Kier alpha value is -2.30. The number of ether oxygens (including phenoxy) is 1. The number of likely N-dealkylation sites (N-methyl/N-ethyl adjacent to an activating group) is 1. The average molecular weight is 367 g/mol. The van der Waals surface area contributed by atoms with Gasteiger partial charge in [0.2, 0.25) is 0 Å². The van der Waals surface area contributed by atoms with Gasteiger partial charge in [-0.15, -0.1) is 0 Å². The molecule has 4 rings (SSSR count). The number of piperazine rings is 1. The maximum atomic E-state index is 6.15. The van der Waals surface area contributed by atoms with Crippen molar-refractivity contribution in [3.63, 3.8) is 0 Å². The minimum atomic E-state index is 0.958.